The van der Waals surface area contributed by atoms with Crippen LogP contribution in [-0.2, 0) is 4.79 Å². The Morgan fingerprint density at radius 3 is 2.00 bits per heavy atom. The zero-order valence-electron chi connectivity index (χ0n) is 13.8. The average Bonchev–Trinajstić information content (AvgIpc) is 2.51. The second kappa shape index (κ2) is 7.82. The SMILES string of the molecule is CCC(CC)(CN)C(=O)N1CCC2(CCCCC2)CC1.Cl. The third-order valence-electron chi connectivity index (χ3n) is 6.22. The fourth-order valence-electron chi connectivity index (χ4n) is 4.25. The lowest BCUT2D eigenvalue weighted by Gasteiger charge is -2.46. The minimum absolute atomic E-state index is 0. The highest BCUT2D eigenvalue weighted by Gasteiger charge is 2.41. The summed E-state index contributed by atoms with van der Waals surface area (Å²) in [6.07, 6.45) is 11.1. The number of nitrogens with zero attached hydrogens (tertiary/aromatic N) is 1. The molecule has 0 aromatic heterocycles. The lowest BCUT2D eigenvalue weighted by molar-refractivity contribution is -0.145. The number of carbonyl (C=O) groups excluding carboxylic acids is 1. The molecule has 0 aromatic carbocycles. The van der Waals surface area contributed by atoms with Crippen molar-refractivity contribution < 1.29 is 4.79 Å². The molecule has 1 saturated carbocycles. The van der Waals surface area contributed by atoms with E-state index in [1.54, 1.807) is 0 Å². The van der Waals surface area contributed by atoms with E-state index in [0.717, 1.165) is 25.9 Å². The van der Waals surface area contributed by atoms with Crippen molar-refractivity contribution in [3.63, 3.8) is 0 Å². The van der Waals surface area contributed by atoms with Crippen molar-refractivity contribution >= 4 is 18.3 Å². The van der Waals surface area contributed by atoms with E-state index in [1.807, 2.05) is 0 Å². The van der Waals surface area contributed by atoms with Gasteiger partial charge in [-0.3, -0.25) is 4.79 Å². The quantitative estimate of drug-likeness (QED) is 0.858. The van der Waals surface area contributed by atoms with E-state index in [9.17, 15) is 4.79 Å². The molecule has 1 saturated heterocycles. The van der Waals surface area contributed by atoms with Crippen LogP contribution in [0.2, 0.25) is 0 Å². The molecule has 0 radical (unpaired) electrons. The molecular weight excluding hydrogens is 284 g/mol. The molecule has 2 fully saturated rings. The number of halogens is 1. The van der Waals surface area contributed by atoms with Crippen LogP contribution in [0.25, 0.3) is 0 Å². The molecule has 1 aliphatic heterocycles. The third-order valence-corrected chi connectivity index (χ3v) is 6.22. The van der Waals surface area contributed by atoms with Crippen LogP contribution in [-0.4, -0.2) is 30.4 Å². The largest absolute Gasteiger partial charge is 0.342 e. The zero-order chi connectivity index (χ0) is 14.6. The summed E-state index contributed by atoms with van der Waals surface area (Å²) >= 11 is 0. The molecule has 3 nitrogen and oxygen atoms in total. The van der Waals surface area contributed by atoms with Crippen LogP contribution >= 0.6 is 12.4 Å². The first-order chi connectivity index (χ1) is 9.61. The van der Waals surface area contributed by atoms with Gasteiger partial charge in [-0.1, -0.05) is 33.1 Å². The lowest BCUT2D eigenvalue weighted by atomic mass is 9.68. The highest BCUT2D eigenvalue weighted by atomic mass is 35.5. The maximum atomic E-state index is 12.8. The number of hydrogen-bond donors (Lipinski definition) is 1. The van der Waals surface area contributed by atoms with Crippen molar-refractivity contribution in [2.45, 2.75) is 71.6 Å². The molecule has 2 aliphatic rings. The van der Waals surface area contributed by atoms with Crippen LogP contribution < -0.4 is 5.73 Å². The average molecular weight is 317 g/mol. The van der Waals surface area contributed by atoms with Gasteiger partial charge in [0.15, 0.2) is 0 Å². The van der Waals surface area contributed by atoms with Crippen LogP contribution in [0.4, 0.5) is 0 Å². The van der Waals surface area contributed by atoms with Gasteiger partial charge in [-0.15, -0.1) is 12.4 Å². The smallest absolute Gasteiger partial charge is 0.230 e. The van der Waals surface area contributed by atoms with Gasteiger partial charge in [-0.2, -0.15) is 0 Å². The van der Waals surface area contributed by atoms with E-state index in [2.05, 4.69) is 18.7 Å². The molecule has 1 heterocycles. The zero-order valence-corrected chi connectivity index (χ0v) is 14.6. The number of carbonyl (C=O) groups is 1. The molecule has 1 amide bonds. The van der Waals surface area contributed by atoms with Crippen molar-refractivity contribution in [1.29, 1.82) is 0 Å². The van der Waals surface area contributed by atoms with E-state index in [1.165, 1.54) is 44.9 Å². The molecule has 1 aliphatic carbocycles. The van der Waals surface area contributed by atoms with E-state index in [0.29, 0.717) is 17.9 Å². The first kappa shape index (κ1) is 18.8. The van der Waals surface area contributed by atoms with Crippen molar-refractivity contribution in [3.8, 4) is 0 Å². The molecule has 2 N–H and O–H groups in total. The lowest BCUT2D eigenvalue weighted by Crippen LogP contribution is -2.52. The Kier molecular flexibility index (Phi) is 6.99. The summed E-state index contributed by atoms with van der Waals surface area (Å²) in [6, 6.07) is 0. The first-order valence-electron chi connectivity index (χ1n) is 8.61. The molecule has 0 atom stereocenters. The molecular formula is C17H33ClN2O. The Morgan fingerprint density at radius 1 is 1.05 bits per heavy atom. The summed E-state index contributed by atoms with van der Waals surface area (Å²) in [6.45, 7) is 6.60. The van der Waals surface area contributed by atoms with E-state index >= 15 is 0 Å². The maximum absolute atomic E-state index is 12.8. The second-order valence-electron chi connectivity index (χ2n) is 7.04. The van der Waals surface area contributed by atoms with Gasteiger partial charge in [-0.05, 0) is 43.9 Å². The Balaban J connectivity index is 0.00000220. The van der Waals surface area contributed by atoms with Crippen LogP contribution in [0.15, 0.2) is 0 Å². The van der Waals surface area contributed by atoms with Gasteiger partial charge in [0.05, 0.1) is 5.41 Å². The minimum atomic E-state index is -0.308. The summed E-state index contributed by atoms with van der Waals surface area (Å²) < 4.78 is 0. The first-order valence-corrected chi connectivity index (χ1v) is 8.61. The normalized spacial score (nSPS) is 22.0. The summed E-state index contributed by atoms with van der Waals surface area (Å²) in [5.41, 5.74) is 6.19. The van der Waals surface area contributed by atoms with Crippen LogP contribution in [0.1, 0.15) is 71.6 Å². The second-order valence-corrected chi connectivity index (χ2v) is 7.04. The summed E-state index contributed by atoms with van der Waals surface area (Å²) in [4.78, 5) is 14.9. The van der Waals surface area contributed by atoms with Gasteiger partial charge >= 0.3 is 0 Å². The highest BCUT2D eigenvalue weighted by molar-refractivity contribution is 5.85. The number of nitrogens with two attached hydrogens (primary N) is 1. The number of rotatable bonds is 4. The summed E-state index contributed by atoms with van der Waals surface area (Å²) in [5.74, 6) is 0.315. The predicted octanol–water partition coefficient (Wildman–Crippen LogP) is 3.75. The molecule has 0 bridgehead atoms. The third kappa shape index (κ3) is 3.73. The Bertz CT molecular complexity index is 317. The van der Waals surface area contributed by atoms with Gasteiger partial charge < -0.3 is 10.6 Å². The molecule has 0 unspecified atom stereocenters. The van der Waals surface area contributed by atoms with Crippen LogP contribution in [0.3, 0.4) is 0 Å². The van der Waals surface area contributed by atoms with Crippen LogP contribution in [0, 0.1) is 10.8 Å². The van der Waals surface area contributed by atoms with Crippen molar-refractivity contribution in [3.05, 3.63) is 0 Å². The molecule has 4 heteroatoms. The van der Waals surface area contributed by atoms with Gasteiger partial charge in [-0.25, -0.2) is 0 Å². The predicted molar refractivity (Wildman–Crippen MR) is 90.6 cm³/mol. The van der Waals surface area contributed by atoms with E-state index in [-0.39, 0.29) is 17.8 Å². The van der Waals surface area contributed by atoms with Gasteiger partial charge in [0.1, 0.15) is 0 Å². The molecule has 2 rings (SSSR count). The monoisotopic (exact) mass is 316 g/mol. The maximum Gasteiger partial charge on any atom is 0.230 e. The number of piperidine rings is 1. The molecule has 21 heavy (non-hydrogen) atoms. The van der Waals surface area contributed by atoms with Crippen molar-refractivity contribution in [2.24, 2.45) is 16.6 Å². The Hall–Kier alpha value is -0.280. The Morgan fingerprint density at radius 2 is 1.57 bits per heavy atom. The molecule has 124 valence electrons. The van der Waals surface area contributed by atoms with Crippen molar-refractivity contribution in [1.82, 2.24) is 4.90 Å². The summed E-state index contributed by atoms with van der Waals surface area (Å²) in [7, 11) is 0. The van der Waals surface area contributed by atoms with Gasteiger partial charge in [0.25, 0.3) is 0 Å². The molecule has 1 spiro atoms. The fourth-order valence-corrected chi connectivity index (χ4v) is 4.25. The van der Waals surface area contributed by atoms with E-state index < -0.39 is 0 Å². The highest BCUT2D eigenvalue weighted by Crippen LogP contribution is 2.45. The van der Waals surface area contributed by atoms with Crippen molar-refractivity contribution in [2.75, 3.05) is 19.6 Å². The number of likely N-dealkylation sites (tertiary alicyclic amines) is 1. The topological polar surface area (TPSA) is 46.3 Å². The minimum Gasteiger partial charge on any atom is -0.342 e. The van der Waals surface area contributed by atoms with E-state index in [4.69, 9.17) is 5.73 Å². The Labute approximate surface area is 136 Å². The number of hydrogen-bond acceptors (Lipinski definition) is 2. The van der Waals surface area contributed by atoms with Crippen LogP contribution in [0.5, 0.6) is 0 Å². The number of amides is 1. The van der Waals surface area contributed by atoms with Gasteiger partial charge in [0.2, 0.25) is 5.91 Å². The molecule has 0 aromatic rings. The standard InChI is InChI=1S/C17H32N2O.ClH/c1-3-17(4-2,14-18)15(20)19-12-10-16(11-13-19)8-6-5-7-9-16;/h3-14,18H2,1-2H3;1H. The summed E-state index contributed by atoms with van der Waals surface area (Å²) in [5, 5.41) is 0. The van der Waals surface area contributed by atoms with Gasteiger partial charge in [0, 0.05) is 19.6 Å². The fraction of sp³-hybridized carbons (Fsp3) is 0.941.